The summed E-state index contributed by atoms with van der Waals surface area (Å²) in [7, 11) is -0.795. The van der Waals surface area contributed by atoms with Crippen LogP contribution >= 0.6 is 29.3 Å². The number of aliphatic hydroxyl groups is 2. The Morgan fingerprint density at radius 2 is 2.02 bits per heavy atom. The molecule has 0 spiro atoms. The summed E-state index contributed by atoms with van der Waals surface area (Å²) in [6.07, 6.45) is 3.90. The fourth-order valence-electron chi connectivity index (χ4n) is 4.66. The standard InChI is InChI=1S/C26H32N5O7PS2/c1-3-11-35-20-14-40-41-15-21(20)38-39(34,30-12-17-7-5-4-6-8-17)36-13-19-22(32)26(2,33)25(37-19)31-10-9-18-23(27)28-16-29-24(18)31/h1,4-10,16,19-22,25,32-33H,11-15H2,2H3,(H,30,34)(H2,27,28,29)/t19?,20-,21-,22+,25+,26+,39?/m0/s1. The highest BCUT2D eigenvalue weighted by Crippen LogP contribution is 2.50. The molecule has 2 aliphatic heterocycles. The van der Waals surface area contributed by atoms with Gasteiger partial charge < -0.3 is 30.0 Å². The zero-order valence-electron chi connectivity index (χ0n) is 22.2. The first-order valence-electron chi connectivity index (χ1n) is 12.9. The highest BCUT2D eigenvalue weighted by atomic mass is 33.1. The third-order valence-corrected chi connectivity index (χ3v) is 10.9. The Bertz CT molecular complexity index is 1420. The smallest absolute Gasteiger partial charge is 0.387 e. The summed E-state index contributed by atoms with van der Waals surface area (Å²) in [6.45, 7) is 1.41. The monoisotopic (exact) mass is 621 g/mol. The van der Waals surface area contributed by atoms with Crippen LogP contribution in [0.4, 0.5) is 5.82 Å². The molecule has 2 aromatic heterocycles. The molecule has 2 fully saturated rings. The topological polar surface area (TPSA) is 163 Å². The molecule has 0 saturated carbocycles. The molecule has 5 rings (SSSR count). The normalized spacial score (nSPS) is 29.8. The number of benzene rings is 1. The van der Waals surface area contributed by atoms with Gasteiger partial charge in [-0.1, -0.05) is 57.8 Å². The minimum atomic E-state index is -3.99. The molecule has 2 saturated heterocycles. The van der Waals surface area contributed by atoms with Crippen molar-refractivity contribution >= 4 is 46.2 Å². The number of hydrogen-bond acceptors (Lipinski definition) is 12. The molecule has 0 bridgehead atoms. The van der Waals surface area contributed by atoms with Crippen LogP contribution in [0.2, 0.25) is 0 Å². The van der Waals surface area contributed by atoms with Gasteiger partial charge in [0.15, 0.2) is 6.23 Å². The van der Waals surface area contributed by atoms with Gasteiger partial charge in [-0.15, -0.1) is 6.42 Å². The molecular weight excluding hydrogens is 589 g/mol. The number of nitrogens with zero attached hydrogens (tertiary/aromatic N) is 3. The van der Waals surface area contributed by atoms with Crippen molar-refractivity contribution in [2.24, 2.45) is 0 Å². The first-order valence-corrected chi connectivity index (χ1v) is 16.9. The minimum Gasteiger partial charge on any atom is -0.387 e. The van der Waals surface area contributed by atoms with Gasteiger partial charge in [-0.3, -0.25) is 9.05 Å². The number of nitrogen functional groups attached to an aromatic ring is 1. The third-order valence-electron chi connectivity index (χ3n) is 6.89. The minimum absolute atomic E-state index is 0.0988. The Labute approximate surface area is 245 Å². The highest BCUT2D eigenvalue weighted by Gasteiger charge is 2.54. The summed E-state index contributed by atoms with van der Waals surface area (Å²) >= 11 is 0. The summed E-state index contributed by atoms with van der Waals surface area (Å²) in [6, 6.07) is 11.1. The van der Waals surface area contributed by atoms with Crippen LogP contribution in [0.15, 0.2) is 48.9 Å². The molecule has 3 aromatic rings. The van der Waals surface area contributed by atoms with E-state index in [2.05, 4.69) is 21.0 Å². The number of fused-ring (bicyclic) bond motifs is 1. The quantitative estimate of drug-likeness (QED) is 0.141. The van der Waals surface area contributed by atoms with E-state index in [1.807, 2.05) is 30.3 Å². The summed E-state index contributed by atoms with van der Waals surface area (Å²) in [4.78, 5) is 8.25. The van der Waals surface area contributed by atoms with Gasteiger partial charge in [0.1, 0.15) is 48.3 Å². The second kappa shape index (κ2) is 13.0. The summed E-state index contributed by atoms with van der Waals surface area (Å²) < 4.78 is 39.5. The maximum Gasteiger partial charge on any atom is 0.406 e. The van der Waals surface area contributed by atoms with Crippen LogP contribution in [-0.4, -0.2) is 79.5 Å². The fourth-order valence-corrected chi connectivity index (χ4v) is 8.71. The van der Waals surface area contributed by atoms with Gasteiger partial charge in [-0.2, -0.15) is 0 Å². The fraction of sp³-hybridized carbons (Fsp3) is 0.462. The molecule has 15 heteroatoms. The maximum absolute atomic E-state index is 14.1. The maximum atomic E-state index is 14.1. The lowest BCUT2D eigenvalue weighted by Gasteiger charge is -2.33. The van der Waals surface area contributed by atoms with Crippen molar-refractivity contribution in [2.75, 3.05) is 30.5 Å². The Balaban J connectivity index is 1.33. The van der Waals surface area contributed by atoms with Crippen molar-refractivity contribution in [3.8, 4) is 12.3 Å². The molecule has 12 nitrogen and oxygen atoms in total. The summed E-state index contributed by atoms with van der Waals surface area (Å²) in [5.41, 5.74) is 5.52. The zero-order valence-corrected chi connectivity index (χ0v) is 24.8. The Morgan fingerprint density at radius 1 is 1.27 bits per heavy atom. The molecule has 0 aliphatic carbocycles. The van der Waals surface area contributed by atoms with Crippen LogP contribution in [0, 0.1) is 12.3 Å². The average molecular weight is 622 g/mol. The Morgan fingerprint density at radius 3 is 2.78 bits per heavy atom. The van der Waals surface area contributed by atoms with E-state index in [1.54, 1.807) is 38.4 Å². The van der Waals surface area contributed by atoms with E-state index < -0.39 is 37.9 Å². The molecule has 7 atom stereocenters. The molecular formula is C26H32N5O7PS2. The van der Waals surface area contributed by atoms with Crippen molar-refractivity contribution in [3.63, 3.8) is 0 Å². The van der Waals surface area contributed by atoms with E-state index in [4.69, 9.17) is 30.7 Å². The van der Waals surface area contributed by atoms with Crippen LogP contribution in [0.25, 0.3) is 11.0 Å². The summed E-state index contributed by atoms with van der Waals surface area (Å²) in [5.74, 6) is 3.84. The van der Waals surface area contributed by atoms with Crippen LogP contribution in [0.3, 0.4) is 0 Å². The van der Waals surface area contributed by atoms with Crippen molar-refractivity contribution in [1.82, 2.24) is 19.6 Å². The van der Waals surface area contributed by atoms with Crippen LogP contribution < -0.4 is 10.8 Å². The molecule has 220 valence electrons. The first-order chi connectivity index (χ1) is 19.7. The predicted molar refractivity (Wildman–Crippen MR) is 158 cm³/mol. The van der Waals surface area contributed by atoms with Crippen molar-refractivity contribution < 1.29 is 33.3 Å². The van der Waals surface area contributed by atoms with Crippen molar-refractivity contribution in [2.45, 2.75) is 49.7 Å². The lowest BCUT2D eigenvalue weighted by atomic mass is 9.96. The van der Waals surface area contributed by atoms with Crippen LogP contribution in [0.1, 0.15) is 18.7 Å². The number of ether oxygens (including phenoxy) is 2. The molecule has 4 heterocycles. The third kappa shape index (κ3) is 6.76. The number of anilines is 1. The number of aliphatic hydroxyl groups excluding tert-OH is 1. The second-order valence-corrected chi connectivity index (χ2v) is 14.1. The summed E-state index contributed by atoms with van der Waals surface area (Å²) in [5, 5.41) is 25.8. The zero-order chi connectivity index (χ0) is 29.0. The number of hydrogen-bond donors (Lipinski definition) is 4. The van der Waals surface area contributed by atoms with Gasteiger partial charge in [0.05, 0.1) is 18.1 Å². The van der Waals surface area contributed by atoms with Crippen molar-refractivity contribution in [3.05, 3.63) is 54.5 Å². The van der Waals surface area contributed by atoms with Gasteiger partial charge in [0, 0.05) is 24.2 Å². The largest absolute Gasteiger partial charge is 0.406 e. The van der Waals surface area contributed by atoms with Gasteiger partial charge in [0.25, 0.3) is 0 Å². The number of terminal acetylenes is 1. The van der Waals surface area contributed by atoms with E-state index in [0.29, 0.717) is 22.5 Å². The van der Waals surface area contributed by atoms with Crippen LogP contribution in [0.5, 0.6) is 0 Å². The molecule has 5 N–H and O–H groups in total. The Kier molecular flexibility index (Phi) is 9.62. The van der Waals surface area contributed by atoms with E-state index in [1.165, 1.54) is 13.3 Å². The highest BCUT2D eigenvalue weighted by molar-refractivity contribution is 8.76. The number of nitrogens with one attached hydrogen (secondary N) is 1. The number of nitrogens with two attached hydrogens (primary N) is 1. The van der Waals surface area contributed by atoms with Gasteiger partial charge in [0.2, 0.25) is 0 Å². The average Bonchev–Trinajstić information content (AvgIpc) is 3.50. The second-order valence-electron chi connectivity index (χ2n) is 9.80. The van der Waals surface area contributed by atoms with E-state index >= 15 is 0 Å². The van der Waals surface area contributed by atoms with E-state index in [9.17, 15) is 14.8 Å². The van der Waals surface area contributed by atoms with E-state index in [-0.39, 0.29) is 31.7 Å². The number of rotatable bonds is 11. The Hall–Kier alpha value is -2.15. The lowest BCUT2D eigenvalue weighted by molar-refractivity contribution is -0.0947. The predicted octanol–water partition coefficient (Wildman–Crippen LogP) is 2.74. The van der Waals surface area contributed by atoms with Gasteiger partial charge >= 0.3 is 7.75 Å². The first kappa shape index (κ1) is 30.3. The van der Waals surface area contributed by atoms with Crippen LogP contribution in [-0.2, 0) is 29.6 Å². The van der Waals surface area contributed by atoms with E-state index in [0.717, 1.165) is 5.56 Å². The number of aromatic nitrogens is 3. The SMILES string of the molecule is C#CCO[C@H]1CSSC[C@@H]1OP(=O)(NCc1ccccc1)OCC1O[C@@H](n2ccc3c(N)ncnc32)[C@](C)(O)[C@@H]1O. The molecule has 1 aromatic carbocycles. The molecule has 0 amide bonds. The molecule has 2 aliphatic rings. The molecule has 2 unspecified atom stereocenters. The lowest BCUT2D eigenvalue weighted by Crippen LogP contribution is -2.44. The van der Waals surface area contributed by atoms with Crippen molar-refractivity contribution in [1.29, 1.82) is 0 Å². The molecule has 0 radical (unpaired) electrons. The van der Waals surface area contributed by atoms with Gasteiger partial charge in [-0.05, 0) is 18.6 Å². The molecule has 41 heavy (non-hydrogen) atoms. The van der Waals surface area contributed by atoms with Gasteiger partial charge in [-0.25, -0.2) is 19.6 Å².